The van der Waals surface area contributed by atoms with Crippen LogP contribution in [0.15, 0.2) is 45.3 Å². The molecule has 0 heterocycles. The first-order valence-electron chi connectivity index (χ1n) is 6.22. The third kappa shape index (κ3) is 3.28. The number of hydrogen-bond donors (Lipinski definition) is 1. The molecular formula is C16H17Br2N. The van der Waals surface area contributed by atoms with Gasteiger partial charge in [-0.2, -0.15) is 0 Å². The van der Waals surface area contributed by atoms with Crippen molar-refractivity contribution in [3.8, 4) is 0 Å². The van der Waals surface area contributed by atoms with Gasteiger partial charge >= 0.3 is 0 Å². The molecule has 1 atom stereocenters. The molecule has 0 aliphatic heterocycles. The highest BCUT2D eigenvalue weighted by atomic mass is 79.9. The summed E-state index contributed by atoms with van der Waals surface area (Å²) in [6.07, 6.45) is 0. The summed E-state index contributed by atoms with van der Waals surface area (Å²) in [6, 6.07) is 13.2. The molecule has 1 nitrogen and oxygen atoms in total. The second-order valence-corrected chi connectivity index (χ2v) is 6.46. The van der Waals surface area contributed by atoms with Gasteiger partial charge in [-0.3, -0.25) is 0 Å². The van der Waals surface area contributed by atoms with E-state index < -0.39 is 0 Å². The minimum Gasteiger partial charge on any atom is -0.309 e. The third-order valence-electron chi connectivity index (χ3n) is 3.29. The fraction of sp³-hybridized carbons (Fsp3) is 0.250. The molecule has 1 unspecified atom stereocenters. The predicted octanol–water partition coefficient (Wildman–Crippen LogP) is 5.14. The van der Waals surface area contributed by atoms with Gasteiger partial charge in [-0.05, 0) is 49.7 Å². The van der Waals surface area contributed by atoms with Gasteiger partial charge in [0, 0.05) is 8.95 Å². The molecule has 0 fully saturated rings. The zero-order valence-electron chi connectivity index (χ0n) is 11.3. The van der Waals surface area contributed by atoms with E-state index in [4.69, 9.17) is 0 Å². The van der Waals surface area contributed by atoms with Crippen LogP contribution >= 0.6 is 31.9 Å². The van der Waals surface area contributed by atoms with Crippen molar-refractivity contribution in [2.45, 2.75) is 19.9 Å². The van der Waals surface area contributed by atoms with E-state index >= 15 is 0 Å². The maximum Gasteiger partial charge on any atom is 0.0585 e. The third-order valence-corrected chi connectivity index (χ3v) is 4.83. The highest BCUT2D eigenvalue weighted by Crippen LogP contribution is 2.32. The van der Waals surface area contributed by atoms with Crippen LogP contribution in [0.1, 0.15) is 28.3 Å². The molecule has 0 aliphatic carbocycles. The first kappa shape index (κ1) is 14.8. The van der Waals surface area contributed by atoms with Crippen LogP contribution < -0.4 is 5.32 Å². The number of halogens is 2. The minimum atomic E-state index is 0.187. The van der Waals surface area contributed by atoms with Crippen LogP contribution in [0.4, 0.5) is 0 Å². The average molecular weight is 383 g/mol. The Morgan fingerprint density at radius 3 is 2.16 bits per heavy atom. The molecule has 0 saturated carbocycles. The Kier molecular flexibility index (Phi) is 4.82. The summed E-state index contributed by atoms with van der Waals surface area (Å²) in [5.74, 6) is 0. The fourth-order valence-electron chi connectivity index (χ4n) is 2.14. The van der Waals surface area contributed by atoms with E-state index in [1.807, 2.05) is 7.05 Å². The fourth-order valence-corrected chi connectivity index (χ4v) is 3.19. The largest absolute Gasteiger partial charge is 0.309 e. The van der Waals surface area contributed by atoms with E-state index in [1.165, 1.54) is 22.3 Å². The molecule has 0 spiro atoms. The summed E-state index contributed by atoms with van der Waals surface area (Å²) in [5.41, 5.74) is 5.02. The summed E-state index contributed by atoms with van der Waals surface area (Å²) >= 11 is 7.29. The van der Waals surface area contributed by atoms with Crippen molar-refractivity contribution in [1.29, 1.82) is 0 Å². The summed E-state index contributed by atoms with van der Waals surface area (Å²) in [4.78, 5) is 0. The van der Waals surface area contributed by atoms with Crippen LogP contribution in [-0.2, 0) is 0 Å². The molecule has 0 saturated heterocycles. The Bertz CT molecular complexity index is 576. The molecule has 0 amide bonds. The number of aryl methyl sites for hydroxylation is 2. The lowest BCUT2D eigenvalue weighted by Gasteiger charge is -2.20. The summed E-state index contributed by atoms with van der Waals surface area (Å²) in [5, 5.41) is 3.39. The van der Waals surface area contributed by atoms with Crippen LogP contribution in [0.3, 0.4) is 0 Å². The average Bonchev–Trinajstić information content (AvgIpc) is 2.38. The molecule has 1 N–H and O–H groups in total. The highest BCUT2D eigenvalue weighted by Gasteiger charge is 2.16. The molecule has 2 aromatic carbocycles. The summed E-state index contributed by atoms with van der Waals surface area (Å²) in [7, 11) is 1.99. The van der Waals surface area contributed by atoms with Gasteiger partial charge in [-0.1, -0.05) is 61.7 Å². The van der Waals surface area contributed by atoms with Crippen molar-refractivity contribution in [1.82, 2.24) is 5.32 Å². The van der Waals surface area contributed by atoms with Gasteiger partial charge in [-0.25, -0.2) is 0 Å². The monoisotopic (exact) mass is 381 g/mol. The van der Waals surface area contributed by atoms with Crippen molar-refractivity contribution in [2.75, 3.05) is 7.05 Å². The first-order chi connectivity index (χ1) is 9.02. The Labute approximate surface area is 131 Å². The molecule has 0 aromatic heterocycles. The van der Waals surface area contributed by atoms with Gasteiger partial charge in [0.15, 0.2) is 0 Å². The maximum absolute atomic E-state index is 3.67. The highest BCUT2D eigenvalue weighted by molar-refractivity contribution is 9.11. The van der Waals surface area contributed by atoms with Gasteiger partial charge in [0.25, 0.3) is 0 Å². The molecule has 0 aliphatic rings. The second kappa shape index (κ2) is 6.21. The standard InChI is InChI=1S/C16H17Br2N/c1-10-4-6-12(7-5-10)16(19-3)13-9-14(17)11(2)8-15(13)18/h4-9,16,19H,1-3H3. The molecule has 0 bridgehead atoms. The molecule has 100 valence electrons. The number of benzene rings is 2. The Balaban J connectivity index is 2.47. The van der Waals surface area contributed by atoms with Crippen LogP contribution in [0, 0.1) is 13.8 Å². The molecule has 2 rings (SSSR count). The van der Waals surface area contributed by atoms with Crippen molar-refractivity contribution in [2.24, 2.45) is 0 Å². The molecular weight excluding hydrogens is 366 g/mol. The van der Waals surface area contributed by atoms with Crippen molar-refractivity contribution < 1.29 is 0 Å². The van der Waals surface area contributed by atoms with Crippen LogP contribution in [0.2, 0.25) is 0 Å². The first-order valence-corrected chi connectivity index (χ1v) is 7.81. The van der Waals surface area contributed by atoms with E-state index in [-0.39, 0.29) is 6.04 Å². The second-order valence-electron chi connectivity index (χ2n) is 4.76. The van der Waals surface area contributed by atoms with Crippen LogP contribution in [0.25, 0.3) is 0 Å². The number of hydrogen-bond acceptors (Lipinski definition) is 1. The van der Waals surface area contributed by atoms with Crippen molar-refractivity contribution in [3.05, 3.63) is 67.6 Å². The van der Waals surface area contributed by atoms with Gasteiger partial charge in [0.1, 0.15) is 0 Å². The quantitative estimate of drug-likeness (QED) is 0.775. The summed E-state index contributed by atoms with van der Waals surface area (Å²) < 4.78 is 2.27. The summed E-state index contributed by atoms with van der Waals surface area (Å²) in [6.45, 7) is 4.20. The van der Waals surface area contributed by atoms with E-state index in [2.05, 4.69) is 87.4 Å². The molecule has 3 heteroatoms. The lowest BCUT2D eigenvalue weighted by Crippen LogP contribution is -2.18. The van der Waals surface area contributed by atoms with Crippen molar-refractivity contribution >= 4 is 31.9 Å². The van der Waals surface area contributed by atoms with E-state index in [9.17, 15) is 0 Å². The van der Waals surface area contributed by atoms with E-state index in [1.54, 1.807) is 0 Å². The number of nitrogens with one attached hydrogen (secondary N) is 1. The van der Waals surface area contributed by atoms with Gasteiger partial charge in [-0.15, -0.1) is 0 Å². The number of rotatable bonds is 3. The Morgan fingerprint density at radius 2 is 1.58 bits per heavy atom. The van der Waals surface area contributed by atoms with E-state index in [0.717, 1.165) is 8.95 Å². The Morgan fingerprint density at radius 1 is 0.947 bits per heavy atom. The predicted molar refractivity (Wildman–Crippen MR) is 88.7 cm³/mol. The smallest absolute Gasteiger partial charge is 0.0585 e. The van der Waals surface area contributed by atoms with Gasteiger partial charge in [0.05, 0.1) is 6.04 Å². The lowest BCUT2D eigenvalue weighted by atomic mass is 9.97. The topological polar surface area (TPSA) is 12.0 Å². The lowest BCUT2D eigenvalue weighted by molar-refractivity contribution is 0.688. The minimum absolute atomic E-state index is 0.187. The van der Waals surface area contributed by atoms with Gasteiger partial charge in [0.2, 0.25) is 0 Å². The zero-order chi connectivity index (χ0) is 14.0. The normalized spacial score (nSPS) is 12.5. The van der Waals surface area contributed by atoms with Gasteiger partial charge < -0.3 is 5.32 Å². The molecule has 2 aromatic rings. The van der Waals surface area contributed by atoms with E-state index in [0.29, 0.717) is 0 Å². The zero-order valence-corrected chi connectivity index (χ0v) is 14.5. The van der Waals surface area contributed by atoms with Crippen LogP contribution in [0.5, 0.6) is 0 Å². The molecule has 19 heavy (non-hydrogen) atoms. The SMILES string of the molecule is CNC(c1ccc(C)cc1)c1cc(Br)c(C)cc1Br. The van der Waals surface area contributed by atoms with Crippen molar-refractivity contribution in [3.63, 3.8) is 0 Å². The maximum atomic E-state index is 3.67. The molecule has 0 radical (unpaired) electrons. The van der Waals surface area contributed by atoms with Crippen LogP contribution in [-0.4, -0.2) is 7.05 Å². The Hall–Kier alpha value is -0.640.